The van der Waals surface area contributed by atoms with E-state index in [4.69, 9.17) is 16.7 Å². The van der Waals surface area contributed by atoms with Gasteiger partial charge in [-0.3, -0.25) is 4.99 Å². The number of primary sulfonamides is 1. The molecule has 0 radical (unpaired) electrons. The van der Waals surface area contributed by atoms with E-state index in [1.54, 1.807) is 18.0 Å². The molecule has 0 spiro atoms. The Kier molecular flexibility index (Phi) is 5.37. The van der Waals surface area contributed by atoms with Crippen molar-refractivity contribution in [2.75, 3.05) is 19.3 Å². The molecule has 138 valence electrons. The Morgan fingerprint density at radius 2 is 2.12 bits per heavy atom. The van der Waals surface area contributed by atoms with Gasteiger partial charge in [0.1, 0.15) is 4.90 Å². The van der Waals surface area contributed by atoms with Crippen LogP contribution in [0.25, 0.3) is 0 Å². The number of hydrogen-bond donors (Lipinski definition) is 2. The van der Waals surface area contributed by atoms with Crippen molar-refractivity contribution in [1.82, 2.24) is 4.90 Å². The molecule has 1 aliphatic carbocycles. The molecule has 0 amide bonds. The molecule has 1 saturated heterocycles. The van der Waals surface area contributed by atoms with Gasteiger partial charge in [0.2, 0.25) is 10.0 Å². The normalized spacial score (nSPS) is 26.7. The summed E-state index contributed by atoms with van der Waals surface area (Å²) in [6, 6.07) is 4.41. The number of nitrogens with two attached hydrogens (primary N) is 1. The molecule has 1 saturated carbocycles. The Labute approximate surface area is 157 Å². The van der Waals surface area contributed by atoms with Crippen LogP contribution in [0.4, 0.5) is 0 Å². The van der Waals surface area contributed by atoms with Crippen LogP contribution in [0.1, 0.15) is 31.2 Å². The molecule has 1 atom stereocenters. The first-order chi connectivity index (χ1) is 11.7. The monoisotopic (exact) mass is 403 g/mol. The number of hydrogen-bond acceptors (Lipinski definition) is 5. The fraction of sp³-hybridized carbons (Fsp3) is 0.562. The lowest BCUT2D eigenvalue weighted by Gasteiger charge is -2.31. The first-order valence-corrected chi connectivity index (χ1v) is 11.1. The first-order valence-electron chi connectivity index (χ1n) is 8.18. The van der Waals surface area contributed by atoms with Gasteiger partial charge in [-0.2, -0.15) is 0 Å². The van der Waals surface area contributed by atoms with Gasteiger partial charge in [-0.25, -0.2) is 13.6 Å². The van der Waals surface area contributed by atoms with Crippen LogP contribution in [0, 0.1) is 5.92 Å². The maximum Gasteiger partial charge on any atom is 0.239 e. The molecule has 25 heavy (non-hydrogen) atoms. The first kappa shape index (κ1) is 19.0. The van der Waals surface area contributed by atoms with Gasteiger partial charge in [0.15, 0.2) is 10.9 Å². The summed E-state index contributed by atoms with van der Waals surface area (Å²) in [5.74, 6) is 0.985. The predicted molar refractivity (Wildman–Crippen MR) is 101 cm³/mol. The maximum atomic E-state index is 11.7. The van der Waals surface area contributed by atoms with E-state index in [1.165, 1.54) is 49.6 Å². The average molecular weight is 404 g/mol. The molecule has 0 aromatic heterocycles. The van der Waals surface area contributed by atoms with Crippen LogP contribution >= 0.6 is 23.4 Å². The minimum Gasteiger partial charge on any atom is -0.366 e. The second-order valence-electron chi connectivity index (χ2n) is 6.63. The quantitative estimate of drug-likeness (QED) is 0.804. The summed E-state index contributed by atoms with van der Waals surface area (Å²) in [6.07, 6.45) is 4.96. The van der Waals surface area contributed by atoms with Gasteiger partial charge in [-0.05, 0) is 30.9 Å². The molecule has 1 unspecified atom stereocenters. The molecular formula is C16H22ClN3O3S2. The standard InChI is InChI=1S/C16H22ClN3O3S2/c1-20-15(19-9-11-4-2-3-5-11)24-10-16(20,21)12-6-7-13(17)14(8-12)25(18,22)23/h6-8,11,21H,2-5,9-10H2,1H3,(H2,18,22,23)/b19-15+. The fourth-order valence-electron chi connectivity index (χ4n) is 3.32. The number of halogens is 1. The van der Waals surface area contributed by atoms with Crippen molar-refractivity contribution < 1.29 is 13.5 Å². The highest BCUT2D eigenvalue weighted by Crippen LogP contribution is 2.39. The Morgan fingerprint density at radius 1 is 1.44 bits per heavy atom. The van der Waals surface area contributed by atoms with Crippen LogP contribution in [-0.4, -0.2) is 42.9 Å². The van der Waals surface area contributed by atoms with Crippen molar-refractivity contribution in [3.05, 3.63) is 28.8 Å². The number of aliphatic imine (C=N–C) groups is 1. The molecule has 1 aromatic carbocycles. The molecule has 3 rings (SSSR count). The molecule has 1 aliphatic heterocycles. The van der Waals surface area contributed by atoms with Crippen molar-refractivity contribution >= 4 is 38.6 Å². The van der Waals surface area contributed by atoms with E-state index in [9.17, 15) is 13.5 Å². The minimum atomic E-state index is -3.96. The molecule has 0 bridgehead atoms. The van der Waals surface area contributed by atoms with Crippen LogP contribution in [-0.2, 0) is 15.7 Å². The van der Waals surface area contributed by atoms with Crippen LogP contribution in [0.3, 0.4) is 0 Å². The molecule has 2 fully saturated rings. The highest BCUT2D eigenvalue weighted by molar-refractivity contribution is 8.14. The van der Waals surface area contributed by atoms with E-state index >= 15 is 0 Å². The summed E-state index contributed by atoms with van der Waals surface area (Å²) >= 11 is 7.40. The van der Waals surface area contributed by atoms with Gasteiger partial charge in [0.25, 0.3) is 0 Å². The smallest absolute Gasteiger partial charge is 0.239 e. The molecule has 3 N–H and O–H groups in total. The third kappa shape index (κ3) is 3.83. The largest absolute Gasteiger partial charge is 0.366 e. The van der Waals surface area contributed by atoms with Gasteiger partial charge >= 0.3 is 0 Å². The van der Waals surface area contributed by atoms with E-state index in [-0.39, 0.29) is 9.92 Å². The second kappa shape index (κ2) is 7.08. The van der Waals surface area contributed by atoms with Crippen molar-refractivity contribution in [1.29, 1.82) is 0 Å². The fourth-order valence-corrected chi connectivity index (χ4v) is 5.59. The van der Waals surface area contributed by atoms with E-state index in [1.807, 2.05) is 0 Å². The Hall–Kier alpha value is -0.800. The van der Waals surface area contributed by atoms with Crippen LogP contribution in [0.5, 0.6) is 0 Å². The zero-order valence-corrected chi connectivity index (χ0v) is 16.4. The van der Waals surface area contributed by atoms with Gasteiger partial charge in [-0.1, -0.05) is 42.3 Å². The number of amidine groups is 1. The summed E-state index contributed by atoms with van der Waals surface area (Å²) in [4.78, 5) is 6.18. The maximum absolute atomic E-state index is 11.7. The number of rotatable bonds is 4. The van der Waals surface area contributed by atoms with E-state index in [0.29, 0.717) is 17.2 Å². The molecule has 1 aromatic rings. The summed E-state index contributed by atoms with van der Waals surface area (Å²) in [5.41, 5.74) is -0.912. The van der Waals surface area contributed by atoms with Crippen LogP contribution < -0.4 is 5.14 Å². The van der Waals surface area contributed by atoms with E-state index < -0.39 is 15.7 Å². The summed E-state index contributed by atoms with van der Waals surface area (Å²) in [7, 11) is -2.20. The number of sulfonamides is 1. The van der Waals surface area contributed by atoms with E-state index in [0.717, 1.165) is 11.7 Å². The lowest BCUT2D eigenvalue weighted by Crippen LogP contribution is -2.42. The third-order valence-electron chi connectivity index (χ3n) is 4.90. The average Bonchev–Trinajstić information content (AvgIpc) is 3.15. The van der Waals surface area contributed by atoms with Gasteiger partial charge in [-0.15, -0.1) is 0 Å². The van der Waals surface area contributed by atoms with Crippen LogP contribution in [0.15, 0.2) is 28.1 Å². The van der Waals surface area contributed by atoms with Crippen molar-refractivity contribution in [3.8, 4) is 0 Å². The van der Waals surface area contributed by atoms with Gasteiger partial charge in [0.05, 0.1) is 10.8 Å². The van der Waals surface area contributed by atoms with Gasteiger partial charge < -0.3 is 10.0 Å². The topological polar surface area (TPSA) is 96.0 Å². The Bertz CT molecular complexity index is 794. The summed E-state index contributed by atoms with van der Waals surface area (Å²) in [5, 5.41) is 17.1. The van der Waals surface area contributed by atoms with Crippen molar-refractivity contribution in [2.24, 2.45) is 16.0 Å². The number of aliphatic hydroxyl groups is 1. The molecular weight excluding hydrogens is 382 g/mol. The Balaban J connectivity index is 1.86. The van der Waals surface area contributed by atoms with Crippen LogP contribution in [0.2, 0.25) is 5.02 Å². The second-order valence-corrected chi connectivity index (χ2v) is 9.51. The minimum absolute atomic E-state index is 0.0401. The molecule has 1 heterocycles. The molecule has 9 heteroatoms. The number of benzene rings is 1. The highest BCUT2D eigenvalue weighted by Gasteiger charge is 2.43. The SMILES string of the molecule is CN1/C(=N\CC2CCCC2)SCC1(O)c1ccc(Cl)c(S(N)(=O)=O)c1. The predicted octanol–water partition coefficient (Wildman–Crippen LogP) is 2.36. The van der Waals surface area contributed by atoms with Crippen molar-refractivity contribution in [3.63, 3.8) is 0 Å². The number of nitrogens with zero attached hydrogens (tertiary/aromatic N) is 2. The molecule has 6 nitrogen and oxygen atoms in total. The number of thioether (sulfide) groups is 1. The zero-order valence-electron chi connectivity index (χ0n) is 14.0. The van der Waals surface area contributed by atoms with E-state index in [2.05, 4.69) is 4.99 Å². The third-order valence-corrected chi connectivity index (χ3v) is 7.50. The van der Waals surface area contributed by atoms with Crippen molar-refractivity contribution in [2.45, 2.75) is 36.3 Å². The summed E-state index contributed by atoms with van der Waals surface area (Å²) < 4.78 is 23.4. The Morgan fingerprint density at radius 3 is 2.76 bits per heavy atom. The summed E-state index contributed by atoms with van der Waals surface area (Å²) in [6.45, 7) is 0.770. The van der Waals surface area contributed by atoms with Gasteiger partial charge in [0, 0.05) is 19.2 Å². The lowest BCUT2D eigenvalue weighted by molar-refractivity contribution is -0.0350. The molecule has 2 aliphatic rings. The zero-order chi connectivity index (χ0) is 18.2. The lowest BCUT2D eigenvalue weighted by atomic mass is 10.0. The highest BCUT2D eigenvalue weighted by atomic mass is 35.5.